The fraction of sp³-hybridized carbons (Fsp3) is 0.500. The maximum atomic E-state index is 12.3. The van der Waals surface area contributed by atoms with Gasteiger partial charge in [-0.25, -0.2) is 9.78 Å². The highest BCUT2D eigenvalue weighted by Gasteiger charge is 2.10. The van der Waals surface area contributed by atoms with Gasteiger partial charge in [0, 0.05) is 5.56 Å². The van der Waals surface area contributed by atoms with E-state index in [-0.39, 0.29) is 5.97 Å². The van der Waals surface area contributed by atoms with Crippen molar-refractivity contribution in [2.45, 2.75) is 84.5 Å². The molecule has 0 aliphatic rings. The van der Waals surface area contributed by atoms with Crippen molar-refractivity contribution < 1.29 is 9.53 Å². The number of carbonyl (C=O) groups excluding carboxylic acids is 1. The summed E-state index contributed by atoms with van der Waals surface area (Å²) < 4.78 is 6.67. The summed E-state index contributed by atoms with van der Waals surface area (Å²) in [6, 6.07) is 14.3. The molecule has 0 amide bonds. The van der Waals surface area contributed by atoms with Crippen LogP contribution in [0.1, 0.15) is 94.0 Å². The van der Waals surface area contributed by atoms with Crippen LogP contribution in [0.2, 0.25) is 0 Å². The second-order valence-corrected chi connectivity index (χ2v) is 9.64. The molecular weight excluding hydrogens is 414 g/mol. The van der Waals surface area contributed by atoms with Crippen molar-refractivity contribution in [1.82, 2.24) is 4.98 Å². The lowest BCUT2D eigenvalue weighted by Gasteiger charge is -2.05. The molecule has 0 saturated heterocycles. The molecule has 2 aromatic carbocycles. The van der Waals surface area contributed by atoms with Crippen molar-refractivity contribution in [2.24, 2.45) is 0 Å². The van der Waals surface area contributed by atoms with E-state index in [0.717, 1.165) is 35.4 Å². The topological polar surface area (TPSA) is 39.2 Å². The molecule has 0 aliphatic heterocycles. The Morgan fingerprint density at radius 2 is 1.53 bits per heavy atom. The van der Waals surface area contributed by atoms with E-state index in [9.17, 15) is 4.79 Å². The lowest BCUT2D eigenvalue weighted by atomic mass is 10.1. The second-order valence-electron chi connectivity index (χ2n) is 8.61. The van der Waals surface area contributed by atoms with E-state index in [1.807, 2.05) is 24.3 Å². The number of fused-ring (bicyclic) bond motifs is 1. The Hall–Kier alpha value is -2.20. The monoisotopic (exact) mass is 451 g/mol. The van der Waals surface area contributed by atoms with Crippen LogP contribution in [0, 0.1) is 0 Å². The Morgan fingerprint density at radius 1 is 0.844 bits per heavy atom. The minimum Gasteiger partial charge on any atom is -0.462 e. The molecule has 0 bridgehead atoms. The zero-order valence-electron chi connectivity index (χ0n) is 19.7. The van der Waals surface area contributed by atoms with Crippen molar-refractivity contribution in [1.29, 1.82) is 0 Å². The number of ether oxygens (including phenoxy) is 1. The van der Waals surface area contributed by atoms with Gasteiger partial charge in [-0.2, -0.15) is 0 Å². The number of aromatic nitrogens is 1. The number of hydrogen-bond acceptors (Lipinski definition) is 4. The predicted octanol–water partition coefficient (Wildman–Crippen LogP) is 8.60. The molecule has 1 aromatic heterocycles. The van der Waals surface area contributed by atoms with E-state index >= 15 is 0 Å². The van der Waals surface area contributed by atoms with Gasteiger partial charge in [0.25, 0.3) is 0 Å². The maximum Gasteiger partial charge on any atom is 0.338 e. The summed E-state index contributed by atoms with van der Waals surface area (Å²) in [5, 5.41) is 0.995. The predicted molar refractivity (Wildman–Crippen MR) is 137 cm³/mol. The molecule has 32 heavy (non-hydrogen) atoms. The van der Waals surface area contributed by atoms with E-state index in [1.165, 1.54) is 61.6 Å². The molecule has 3 rings (SSSR count). The number of nitrogens with zero attached hydrogens (tertiary/aromatic N) is 1. The van der Waals surface area contributed by atoms with E-state index < -0.39 is 0 Å². The van der Waals surface area contributed by atoms with Gasteiger partial charge in [-0.05, 0) is 49.1 Å². The van der Waals surface area contributed by atoms with Crippen molar-refractivity contribution in [2.75, 3.05) is 6.61 Å². The van der Waals surface area contributed by atoms with Gasteiger partial charge < -0.3 is 4.74 Å². The number of esters is 1. The summed E-state index contributed by atoms with van der Waals surface area (Å²) >= 11 is 1.72. The van der Waals surface area contributed by atoms with Crippen LogP contribution in [0.25, 0.3) is 20.8 Å². The summed E-state index contributed by atoms with van der Waals surface area (Å²) in [5.74, 6) is -0.234. The third kappa shape index (κ3) is 7.44. The molecule has 4 heteroatoms. The third-order valence-electron chi connectivity index (χ3n) is 5.87. The van der Waals surface area contributed by atoms with Gasteiger partial charge in [0.1, 0.15) is 5.01 Å². The van der Waals surface area contributed by atoms with Gasteiger partial charge in [0.05, 0.1) is 22.4 Å². The molecule has 0 N–H and O–H groups in total. The summed E-state index contributed by atoms with van der Waals surface area (Å²) in [6.07, 6.45) is 13.4. The van der Waals surface area contributed by atoms with Crippen LogP contribution >= 0.6 is 11.3 Å². The number of unbranched alkanes of at least 4 members (excludes halogenated alkanes) is 8. The minimum atomic E-state index is -0.234. The van der Waals surface area contributed by atoms with Crippen LogP contribution in [0.5, 0.6) is 0 Å². The van der Waals surface area contributed by atoms with Crippen molar-refractivity contribution in [3.63, 3.8) is 0 Å². The van der Waals surface area contributed by atoms with Gasteiger partial charge in [-0.3, -0.25) is 0 Å². The summed E-state index contributed by atoms with van der Waals surface area (Å²) in [4.78, 5) is 17.1. The highest BCUT2D eigenvalue weighted by atomic mass is 32.1. The first-order valence-corrected chi connectivity index (χ1v) is 13.2. The van der Waals surface area contributed by atoms with Crippen LogP contribution in [-0.2, 0) is 11.2 Å². The fourth-order valence-electron chi connectivity index (χ4n) is 3.88. The lowest BCUT2D eigenvalue weighted by molar-refractivity contribution is 0.0497. The van der Waals surface area contributed by atoms with E-state index in [1.54, 1.807) is 11.3 Å². The lowest BCUT2D eigenvalue weighted by Crippen LogP contribution is -2.06. The van der Waals surface area contributed by atoms with Crippen LogP contribution < -0.4 is 0 Å². The smallest absolute Gasteiger partial charge is 0.338 e. The van der Waals surface area contributed by atoms with Gasteiger partial charge in [0.2, 0.25) is 0 Å². The molecule has 3 nitrogen and oxygen atoms in total. The molecule has 172 valence electrons. The Kier molecular flexibility index (Phi) is 10.2. The number of aryl methyl sites for hydroxylation is 1. The van der Waals surface area contributed by atoms with Gasteiger partial charge >= 0.3 is 5.97 Å². The number of carbonyl (C=O) groups is 1. The third-order valence-corrected chi connectivity index (χ3v) is 6.94. The Morgan fingerprint density at radius 3 is 2.28 bits per heavy atom. The van der Waals surface area contributed by atoms with E-state index in [4.69, 9.17) is 9.72 Å². The standard InChI is InChI=1S/C28H37NO2S/c1-3-5-7-9-10-12-20-31-28(30)24-17-15-23(16-18-24)27-29-25-19-14-22(21-26(25)32-27)13-11-8-6-4-2/h14-19,21H,3-13,20H2,1-2H3. The molecule has 0 fully saturated rings. The maximum absolute atomic E-state index is 12.3. The molecule has 3 aromatic rings. The zero-order valence-corrected chi connectivity index (χ0v) is 20.5. The Balaban J connectivity index is 1.52. The van der Waals surface area contributed by atoms with Gasteiger partial charge in [-0.15, -0.1) is 11.3 Å². The minimum absolute atomic E-state index is 0.234. The molecular formula is C28H37NO2S. The summed E-state index contributed by atoms with van der Waals surface area (Å²) in [6.45, 7) is 4.97. The van der Waals surface area contributed by atoms with E-state index in [2.05, 4.69) is 32.0 Å². The average molecular weight is 452 g/mol. The number of benzene rings is 2. The molecule has 0 radical (unpaired) electrons. The first-order valence-electron chi connectivity index (χ1n) is 12.4. The average Bonchev–Trinajstić information content (AvgIpc) is 3.25. The van der Waals surface area contributed by atoms with Crippen LogP contribution in [0.3, 0.4) is 0 Å². The molecule has 0 spiro atoms. The molecule has 1 heterocycles. The largest absolute Gasteiger partial charge is 0.462 e. The van der Waals surface area contributed by atoms with Gasteiger partial charge in [-0.1, -0.05) is 83.4 Å². The van der Waals surface area contributed by atoms with Crippen LogP contribution in [0.15, 0.2) is 42.5 Å². The van der Waals surface area contributed by atoms with Crippen molar-refractivity contribution in [3.8, 4) is 10.6 Å². The van der Waals surface area contributed by atoms with Crippen LogP contribution in [-0.4, -0.2) is 17.6 Å². The first-order chi connectivity index (χ1) is 15.7. The normalized spacial score (nSPS) is 11.2. The fourth-order valence-corrected chi connectivity index (χ4v) is 4.92. The van der Waals surface area contributed by atoms with Gasteiger partial charge in [0.15, 0.2) is 0 Å². The highest BCUT2D eigenvalue weighted by Crippen LogP contribution is 2.31. The summed E-state index contributed by atoms with van der Waals surface area (Å²) in [7, 11) is 0. The number of rotatable bonds is 14. The summed E-state index contributed by atoms with van der Waals surface area (Å²) in [5.41, 5.74) is 4.09. The highest BCUT2D eigenvalue weighted by molar-refractivity contribution is 7.21. The molecule has 0 unspecified atom stereocenters. The van der Waals surface area contributed by atoms with Crippen molar-refractivity contribution >= 4 is 27.5 Å². The zero-order chi connectivity index (χ0) is 22.6. The van der Waals surface area contributed by atoms with Crippen LogP contribution in [0.4, 0.5) is 0 Å². The Bertz CT molecular complexity index is 961. The SMILES string of the molecule is CCCCCCCCOC(=O)c1ccc(-c2nc3ccc(CCCCCC)cc3s2)cc1. The number of thiazole rings is 1. The quantitative estimate of drug-likeness (QED) is 0.182. The second kappa shape index (κ2) is 13.4. The molecule has 0 saturated carbocycles. The first kappa shape index (κ1) is 24.4. The molecule has 0 aliphatic carbocycles. The molecule has 0 atom stereocenters. The van der Waals surface area contributed by atoms with E-state index in [0.29, 0.717) is 12.2 Å². The van der Waals surface area contributed by atoms with Crippen molar-refractivity contribution in [3.05, 3.63) is 53.6 Å². The Labute approximate surface area is 197 Å². The number of hydrogen-bond donors (Lipinski definition) is 0.